The zero-order valence-corrected chi connectivity index (χ0v) is 11.2. The summed E-state index contributed by atoms with van der Waals surface area (Å²) in [5.41, 5.74) is 7.94. The molecule has 0 atom stereocenters. The van der Waals surface area contributed by atoms with Crippen LogP contribution >= 0.6 is 0 Å². The summed E-state index contributed by atoms with van der Waals surface area (Å²) in [6.45, 7) is 6.91. The van der Waals surface area contributed by atoms with Gasteiger partial charge in [-0.1, -0.05) is 20.8 Å². The lowest BCUT2D eigenvalue weighted by Gasteiger charge is -2.12. The van der Waals surface area contributed by atoms with Crippen LogP contribution in [0.2, 0.25) is 0 Å². The Morgan fingerprint density at radius 3 is 2.72 bits per heavy atom. The highest BCUT2D eigenvalue weighted by atomic mass is 15.1. The first-order chi connectivity index (χ1) is 8.65. The lowest BCUT2D eigenvalue weighted by Crippen LogP contribution is -2.07. The van der Waals surface area contributed by atoms with Gasteiger partial charge in [0.15, 0.2) is 0 Å². The zero-order chi connectivity index (χ0) is 13.1. The SMILES string of the molecule is CCc1nccn1-c1cc(CN)cc(C(C)C)n1. The van der Waals surface area contributed by atoms with E-state index in [2.05, 4.69) is 31.8 Å². The number of aryl methyl sites for hydroxylation is 1. The van der Waals surface area contributed by atoms with E-state index in [4.69, 9.17) is 10.7 Å². The van der Waals surface area contributed by atoms with Crippen LogP contribution in [0.3, 0.4) is 0 Å². The Bertz CT molecular complexity index is 528. The number of aromatic nitrogens is 3. The molecule has 2 aromatic heterocycles. The predicted octanol–water partition coefficient (Wildman–Crippen LogP) is 2.41. The maximum absolute atomic E-state index is 5.76. The van der Waals surface area contributed by atoms with Gasteiger partial charge in [0, 0.05) is 31.1 Å². The maximum atomic E-state index is 5.76. The van der Waals surface area contributed by atoms with E-state index in [0.717, 1.165) is 29.3 Å². The molecule has 96 valence electrons. The van der Waals surface area contributed by atoms with Crippen molar-refractivity contribution in [3.05, 3.63) is 41.6 Å². The Balaban J connectivity index is 2.53. The monoisotopic (exact) mass is 244 g/mol. The van der Waals surface area contributed by atoms with Crippen LogP contribution in [0, 0.1) is 0 Å². The Morgan fingerprint density at radius 2 is 2.11 bits per heavy atom. The molecule has 0 aliphatic heterocycles. The number of hydrogen-bond donors (Lipinski definition) is 1. The van der Waals surface area contributed by atoms with E-state index in [0.29, 0.717) is 12.5 Å². The fraction of sp³-hybridized carbons (Fsp3) is 0.429. The van der Waals surface area contributed by atoms with Gasteiger partial charge in [0.25, 0.3) is 0 Å². The van der Waals surface area contributed by atoms with E-state index in [-0.39, 0.29) is 0 Å². The fourth-order valence-corrected chi connectivity index (χ4v) is 1.94. The number of rotatable bonds is 4. The lowest BCUT2D eigenvalue weighted by atomic mass is 10.1. The molecule has 0 spiro atoms. The van der Waals surface area contributed by atoms with Gasteiger partial charge < -0.3 is 5.73 Å². The summed E-state index contributed by atoms with van der Waals surface area (Å²) < 4.78 is 2.03. The highest BCUT2D eigenvalue weighted by molar-refractivity contribution is 5.33. The van der Waals surface area contributed by atoms with Gasteiger partial charge in [0.1, 0.15) is 11.6 Å². The molecule has 2 aromatic rings. The van der Waals surface area contributed by atoms with Crippen LogP contribution in [-0.4, -0.2) is 14.5 Å². The van der Waals surface area contributed by atoms with Crippen LogP contribution < -0.4 is 5.73 Å². The van der Waals surface area contributed by atoms with E-state index in [1.165, 1.54) is 0 Å². The van der Waals surface area contributed by atoms with Crippen molar-refractivity contribution < 1.29 is 0 Å². The van der Waals surface area contributed by atoms with Crippen molar-refractivity contribution in [2.75, 3.05) is 0 Å². The van der Waals surface area contributed by atoms with Crippen molar-refractivity contribution in [3.63, 3.8) is 0 Å². The molecule has 18 heavy (non-hydrogen) atoms. The Labute approximate surface area is 108 Å². The largest absolute Gasteiger partial charge is 0.326 e. The molecule has 0 saturated heterocycles. The van der Waals surface area contributed by atoms with Crippen LogP contribution in [0.15, 0.2) is 24.5 Å². The molecule has 0 bridgehead atoms. The molecule has 2 rings (SSSR count). The van der Waals surface area contributed by atoms with Crippen LogP contribution in [0.1, 0.15) is 43.8 Å². The Hall–Kier alpha value is -1.68. The van der Waals surface area contributed by atoms with Gasteiger partial charge in [-0.2, -0.15) is 0 Å². The van der Waals surface area contributed by atoms with Crippen molar-refractivity contribution >= 4 is 0 Å². The van der Waals surface area contributed by atoms with E-state index >= 15 is 0 Å². The third-order valence-electron chi connectivity index (χ3n) is 3.00. The Kier molecular flexibility index (Phi) is 3.77. The topological polar surface area (TPSA) is 56.7 Å². The Morgan fingerprint density at radius 1 is 1.33 bits per heavy atom. The second kappa shape index (κ2) is 5.31. The average Bonchev–Trinajstić information content (AvgIpc) is 2.86. The number of imidazole rings is 1. The first kappa shape index (κ1) is 12.8. The minimum atomic E-state index is 0.392. The number of nitrogens with two attached hydrogens (primary N) is 1. The standard InChI is InChI=1S/C14H20N4/c1-4-13-16-5-6-18(13)14-8-11(9-15)7-12(17-14)10(2)3/h5-8,10H,4,9,15H2,1-3H3. The molecule has 0 radical (unpaired) electrons. The van der Waals surface area contributed by atoms with Gasteiger partial charge >= 0.3 is 0 Å². The third-order valence-corrected chi connectivity index (χ3v) is 3.00. The van der Waals surface area contributed by atoms with Gasteiger partial charge in [-0.25, -0.2) is 9.97 Å². The van der Waals surface area contributed by atoms with E-state index in [1.807, 2.05) is 23.0 Å². The fourth-order valence-electron chi connectivity index (χ4n) is 1.94. The molecule has 0 aliphatic rings. The summed E-state index contributed by atoms with van der Waals surface area (Å²) in [6, 6.07) is 4.11. The average molecular weight is 244 g/mol. The number of pyridine rings is 1. The van der Waals surface area contributed by atoms with E-state index in [1.54, 1.807) is 0 Å². The molecule has 0 aliphatic carbocycles. The van der Waals surface area contributed by atoms with Crippen LogP contribution in [0.5, 0.6) is 0 Å². The molecule has 0 amide bonds. The first-order valence-corrected chi connectivity index (χ1v) is 6.39. The number of nitrogens with zero attached hydrogens (tertiary/aromatic N) is 3. The molecule has 0 unspecified atom stereocenters. The summed E-state index contributed by atoms with van der Waals surface area (Å²) in [5, 5.41) is 0. The smallest absolute Gasteiger partial charge is 0.138 e. The van der Waals surface area contributed by atoms with Gasteiger partial charge in [0.2, 0.25) is 0 Å². The van der Waals surface area contributed by atoms with Gasteiger partial charge in [0.05, 0.1) is 0 Å². The van der Waals surface area contributed by atoms with Crippen molar-refractivity contribution in [1.29, 1.82) is 0 Å². The maximum Gasteiger partial charge on any atom is 0.138 e. The van der Waals surface area contributed by atoms with Crippen molar-refractivity contribution in [3.8, 4) is 5.82 Å². The zero-order valence-electron chi connectivity index (χ0n) is 11.2. The first-order valence-electron chi connectivity index (χ1n) is 6.39. The van der Waals surface area contributed by atoms with Gasteiger partial charge in [-0.3, -0.25) is 4.57 Å². The molecule has 0 aromatic carbocycles. The van der Waals surface area contributed by atoms with Crippen LogP contribution in [0.25, 0.3) is 5.82 Å². The molecule has 4 nitrogen and oxygen atoms in total. The van der Waals surface area contributed by atoms with Crippen molar-refractivity contribution in [1.82, 2.24) is 14.5 Å². The van der Waals surface area contributed by atoms with Crippen molar-refractivity contribution in [2.24, 2.45) is 5.73 Å². The van der Waals surface area contributed by atoms with Crippen LogP contribution in [-0.2, 0) is 13.0 Å². The molecule has 4 heteroatoms. The lowest BCUT2D eigenvalue weighted by molar-refractivity contribution is 0.789. The highest BCUT2D eigenvalue weighted by Crippen LogP contribution is 2.18. The minimum Gasteiger partial charge on any atom is -0.326 e. The van der Waals surface area contributed by atoms with Crippen molar-refractivity contribution in [2.45, 2.75) is 39.7 Å². The molecule has 2 heterocycles. The summed E-state index contributed by atoms with van der Waals surface area (Å²) in [7, 11) is 0. The number of hydrogen-bond acceptors (Lipinski definition) is 3. The van der Waals surface area contributed by atoms with Gasteiger partial charge in [-0.05, 0) is 23.6 Å². The second-order valence-electron chi connectivity index (χ2n) is 4.68. The predicted molar refractivity (Wildman–Crippen MR) is 72.7 cm³/mol. The molecular formula is C14H20N4. The van der Waals surface area contributed by atoms with E-state index in [9.17, 15) is 0 Å². The third kappa shape index (κ3) is 2.43. The summed E-state index contributed by atoms with van der Waals surface area (Å²) in [6.07, 6.45) is 4.65. The molecule has 0 fully saturated rings. The van der Waals surface area contributed by atoms with Crippen LogP contribution in [0.4, 0.5) is 0 Å². The second-order valence-corrected chi connectivity index (χ2v) is 4.68. The summed E-state index contributed by atoms with van der Waals surface area (Å²) in [4.78, 5) is 9.03. The summed E-state index contributed by atoms with van der Waals surface area (Å²) in [5.74, 6) is 2.33. The molecule has 2 N–H and O–H groups in total. The minimum absolute atomic E-state index is 0.392. The summed E-state index contributed by atoms with van der Waals surface area (Å²) >= 11 is 0. The normalized spacial score (nSPS) is 11.2. The van der Waals surface area contributed by atoms with E-state index < -0.39 is 0 Å². The molecular weight excluding hydrogens is 224 g/mol. The quantitative estimate of drug-likeness (QED) is 0.898. The highest BCUT2D eigenvalue weighted by Gasteiger charge is 2.09. The van der Waals surface area contributed by atoms with Gasteiger partial charge in [-0.15, -0.1) is 0 Å². The molecule has 0 saturated carbocycles.